The van der Waals surface area contributed by atoms with Gasteiger partial charge in [-0.3, -0.25) is 9.30 Å². The van der Waals surface area contributed by atoms with Gasteiger partial charge in [-0.2, -0.15) is 0 Å². The largest absolute Gasteiger partial charge is 0.294 e. The summed E-state index contributed by atoms with van der Waals surface area (Å²) in [7, 11) is 0. The second kappa shape index (κ2) is 4.31. The lowest BCUT2D eigenvalue weighted by molar-refractivity contribution is 0.261. The first-order valence-corrected chi connectivity index (χ1v) is 6.55. The number of likely N-dealkylation sites (tertiary alicyclic amines) is 1. The van der Waals surface area contributed by atoms with Crippen molar-refractivity contribution in [3.8, 4) is 0 Å². The van der Waals surface area contributed by atoms with E-state index in [0.717, 1.165) is 23.0 Å². The van der Waals surface area contributed by atoms with Gasteiger partial charge in [0.25, 0.3) is 0 Å². The summed E-state index contributed by atoms with van der Waals surface area (Å²) in [5, 5.41) is 0.748. The molecule has 1 fully saturated rings. The zero-order valence-electron chi connectivity index (χ0n) is 9.93. The Morgan fingerprint density at radius 3 is 3.18 bits per heavy atom. The molecule has 3 heterocycles. The number of hydrogen-bond acceptors (Lipinski definition) is 2. The predicted octanol–water partition coefficient (Wildman–Crippen LogP) is 3.14. The first-order chi connectivity index (χ1) is 8.31. The molecule has 3 nitrogen and oxygen atoms in total. The highest BCUT2D eigenvalue weighted by Crippen LogP contribution is 2.32. The van der Waals surface area contributed by atoms with Crippen molar-refractivity contribution in [1.29, 1.82) is 0 Å². The van der Waals surface area contributed by atoms with Crippen LogP contribution < -0.4 is 0 Å². The summed E-state index contributed by atoms with van der Waals surface area (Å²) in [4.78, 5) is 7.04. The fourth-order valence-electron chi connectivity index (χ4n) is 2.76. The highest BCUT2D eigenvalue weighted by molar-refractivity contribution is 6.29. The van der Waals surface area contributed by atoms with Gasteiger partial charge in [-0.1, -0.05) is 24.6 Å². The summed E-state index contributed by atoms with van der Waals surface area (Å²) in [6, 6.07) is 6.36. The monoisotopic (exact) mass is 249 g/mol. The van der Waals surface area contributed by atoms with Crippen LogP contribution in [0.25, 0.3) is 5.52 Å². The van der Waals surface area contributed by atoms with Gasteiger partial charge in [0.05, 0.1) is 17.8 Å². The van der Waals surface area contributed by atoms with E-state index in [0.29, 0.717) is 6.04 Å². The Bertz CT molecular complexity index is 534. The molecule has 1 aliphatic heterocycles. The standard InChI is InChI=1S/C13H16ClN3/c1-2-16-8-4-6-11(16)13-15-9-10-5-3-7-12(14)17(10)13/h3,5,7,9,11H,2,4,6,8H2,1H3. The third kappa shape index (κ3) is 1.74. The summed E-state index contributed by atoms with van der Waals surface area (Å²) in [6.45, 7) is 4.44. The highest BCUT2D eigenvalue weighted by Gasteiger charge is 2.28. The topological polar surface area (TPSA) is 20.5 Å². The molecule has 1 aliphatic rings. The van der Waals surface area contributed by atoms with Gasteiger partial charge in [0.15, 0.2) is 0 Å². The van der Waals surface area contributed by atoms with Gasteiger partial charge in [0, 0.05) is 0 Å². The van der Waals surface area contributed by atoms with Crippen LogP contribution in [0.1, 0.15) is 31.6 Å². The summed E-state index contributed by atoms with van der Waals surface area (Å²) in [6.07, 6.45) is 4.34. The lowest BCUT2D eigenvalue weighted by Crippen LogP contribution is -2.24. The van der Waals surface area contributed by atoms with Crippen molar-refractivity contribution in [2.24, 2.45) is 0 Å². The Kier molecular flexibility index (Phi) is 2.81. The van der Waals surface area contributed by atoms with E-state index in [4.69, 9.17) is 11.6 Å². The van der Waals surface area contributed by atoms with E-state index in [1.54, 1.807) is 0 Å². The average molecular weight is 250 g/mol. The molecular weight excluding hydrogens is 234 g/mol. The van der Waals surface area contributed by atoms with E-state index >= 15 is 0 Å². The molecule has 4 heteroatoms. The molecular formula is C13H16ClN3. The normalized spacial score (nSPS) is 21.4. The molecule has 0 bridgehead atoms. The molecule has 0 saturated carbocycles. The van der Waals surface area contributed by atoms with Crippen LogP contribution in [-0.4, -0.2) is 27.4 Å². The van der Waals surface area contributed by atoms with E-state index in [1.165, 1.54) is 19.4 Å². The van der Waals surface area contributed by atoms with Crippen LogP contribution in [0.3, 0.4) is 0 Å². The Hall–Kier alpha value is -1.06. The third-order valence-electron chi connectivity index (χ3n) is 3.60. The van der Waals surface area contributed by atoms with E-state index in [-0.39, 0.29) is 0 Å². The van der Waals surface area contributed by atoms with Gasteiger partial charge in [-0.05, 0) is 38.1 Å². The molecule has 0 aliphatic carbocycles. The zero-order chi connectivity index (χ0) is 11.8. The number of rotatable bonds is 2. The summed E-state index contributed by atoms with van der Waals surface area (Å²) in [5.41, 5.74) is 1.08. The molecule has 0 amide bonds. The van der Waals surface area contributed by atoms with Crippen LogP contribution in [0.4, 0.5) is 0 Å². The minimum Gasteiger partial charge on any atom is -0.294 e. The van der Waals surface area contributed by atoms with Crippen molar-refractivity contribution in [2.75, 3.05) is 13.1 Å². The van der Waals surface area contributed by atoms with Crippen LogP contribution in [0.5, 0.6) is 0 Å². The highest BCUT2D eigenvalue weighted by atomic mass is 35.5. The van der Waals surface area contributed by atoms with Crippen molar-refractivity contribution in [3.05, 3.63) is 35.4 Å². The Morgan fingerprint density at radius 2 is 2.35 bits per heavy atom. The van der Waals surface area contributed by atoms with E-state index in [1.807, 2.05) is 24.4 Å². The average Bonchev–Trinajstić information content (AvgIpc) is 2.94. The lowest BCUT2D eigenvalue weighted by atomic mass is 10.2. The minimum atomic E-state index is 0.419. The Morgan fingerprint density at radius 1 is 1.47 bits per heavy atom. The van der Waals surface area contributed by atoms with E-state index in [2.05, 4.69) is 21.2 Å². The maximum Gasteiger partial charge on any atom is 0.131 e. The van der Waals surface area contributed by atoms with Crippen LogP contribution >= 0.6 is 11.6 Å². The second-order valence-corrected chi connectivity index (χ2v) is 4.90. The molecule has 1 saturated heterocycles. The summed E-state index contributed by atoms with van der Waals surface area (Å²) >= 11 is 6.28. The maximum atomic E-state index is 6.28. The number of fused-ring (bicyclic) bond motifs is 1. The molecule has 17 heavy (non-hydrogen) atoms. The van der Waals surface area contributed by atoms with Gasteiger partial charge in [-0.15, -0.1) is 0 Å². The van der Waals surface area contributed by atoms with Crippen molar-refractivity contribution in [2.45, 2.75) is 25.8 Å². The molecule has 1 unspecified atom stereocenters. The van der Waals surface area contributed by atoms with Crippen molar-refractivity contribution in [3.63, 3.8) is 0 Å². The molecule has 2 aromatic rings. The number of nitrogens with zero attached hydrogens (tertiary/aromatic N) is 3. The van der Waals surface area contributed by atoms with Gasteiger partial charge in [0.1, 0.15) is 11.0 Å². The van der Waals surface area contributed by atoms with Gasteiger partial charge in [0.2, 0.25) is 0 Å². The van der Waals surface area contributed by atoms with Gasteiger partial charge in [-0.25, -0.2) is 4.98 Å². The molecule has 0 N–H and O–H groups in total. The second-order valence-electron chi connectivity index (χ2n) is 4.51. The van der Waals surface area contributed by atoms with E-state index in [9.17, 15) is 0 Å². The zero-order valence-corrected chi connectivity index (χ0v) is 10.7. The third-order valence-corrected chi connectivity index (χ3v) is 3.89. The molecule has 1 atom stereocenters. The van der Waals surface area contributed by atoms with Crippen molar-refractivity contribution in [1.82, 2.24) is 14.3 Å². The number of imidazole rings is 1. The Labute approximate surface area is 106 Å². The number of halogens is 1. The molecule has 3 rings (SSSR count). The SMILES string of the molecule is CCN1CCCC1c1ncc2cccc(Cl)n12. The molecule has 0 aromatic carbocycles. The van der Waals surface area contributed by atoms with Crippen LogP contribution in [0.2, 0.25) is 5.15 Å². The number of hydrogen-bond donors (Lipinski definition) is 0. The predicted molar refractivity (Wildman–Crippen MR) is 69.4 cm³/mol. The van der Waals surface area contributed by atoms with Gasteiger partial charge >= 0.3 is 0 Å². The number of aromatic nitrogens is 2. The molecule has 0 radical (unpaired) electrons. The van der Waals surface area contributed by atoms with E-state index < -0.39 is 0 Å². The first-order valence-electron chi connectivity index (χ1n) is 6.17. The number of pyridine rings is 1. The fraction of sp³-hybridized carbons (Fsp3) is 0.462. The Balaban J connectivity index is 2.11. The van der Waals surface area contributed by atoms with Crippen LogP contribution in [0, 0.1) is 0 Å². The molecule has 0 spiro atoms. The van der Waals surface area contributed by atoms with Gasteiger partial charge < -0.3 is 0 Å². The lowest BCUT2D eigenvalue weighted by Gasteiger charge is -2.21. The quantitative estimate of drug-likeness (QED) is 0.763. The minimum absolute atomic E-state index is 0.419. The maximum absolute atomic E-state index is 6.28. The molecule has 90 valence electrons. The fourth-order valence-corrected chi connectivity index (χ4v) is 3.02. The smallest absolute Gasteiger partial charge is 0.131 e. The summed E-state index contributed by atoms with van der Waals surface area (Å²) < 4.78 is 2.07. The van der Waals surface area contributed by atoms with Crippen LogP contribution in [-0.2, 0) is 0 Å². The molecule has 2 aromatic heterocycles. The van der Waals surface area contributed by atoms with Crippen LogP contribution in [0.15, 0.2) is 24.4 Å². The van der Waals surface area contributed by atoms with Crippen molar-refractivity contribution >= 4 is 17.1 Å². The summed E-state index contributed by atoms with van der Waals surface area (Å²) in [5.74, 6) is 1.09. The van der Waals surface area contributed by atoms with Crippen molar-refractivity contribution < 1.29 is 0 Å². The first kappa shape index (κ1) is 11.1.